The fourth-order valence-corrected chi connectivity index (χ4v) is 0.717. The minimum Gasteiger partial charge on any atom is -0.291 e. The van der Waals surface area contributed by atoms with Crippen molar-refractivity contribution < 1.29 is 4.39 Å². The molecule has 0 aromatic heterocycles. The number of allylic oxidation sites excluding steroid dienone is 1. The van der Waals surface area contributed by atoms with E-state index in [0.29, 0.717) is 18.7 Å². The fourth-order valence-electron chi connectivity index (χ4n) is 0.717. The number of hydrogen-bond acceptors (Lipinski definition) is 1. The average Bonchev–Trinajstić information content (AvgIpc) is 1.86. The lowest BCUT2D eigenvalue weighted by Crippen LogP contribution is -2.01. The predicted octanol–water partition coefficient (Wildman–Crippen LogP) is 2.38. The summed E-state index contributed by atoms with van der Waals surface area (Å²) in [5.41, 5.74) is 1.57. The van der Waals surface area contributed by atoms with E-state index in [-0.39, 0.29) is 0 Å². The Bertz CT molecular complexity index is 138. The Balaban J connectivity index is 3.83. The molecule has 1 nitrogen and oxygen atoms in total. The zero-order valence-electron chi connectivity index (χ0n) is 6.65. The Morgan fingerprint density at radius 2 is 2.20 bits per heavy atom. The number of hydrogen-bond donors (Lipinski definition) is 0. The molecule has 10 heavy (non-hydrogen) atoms. The molecule has 0 radical (unpaired) electrons. The summed E-state index contributed by atoms with van der Waals surface area (Å²) in [7, 11) is 0. The minimum atomic E-state index is -0.444. The zero-order valence-corrected chi connectivity index (χ0v) is 6.65. The van der Waals surface area contributed by atoms with Gasteiger partial charge in [0.2, 0.25) is 0 Å². The molecular weight excluding hydrogens is 129 g/mol. The van der Waals surface area contributed by atoms with Gasteiger partial charge in [-0.3, -0.25) is 4.99 Å². The first-order chi connectivity index (χ1) is 4.70. The molecule has 0 saturated heterocycles. The minimum absolute atomic E-state index is 0.444. The maximum absolute atomic E-state index is 12.0. The van der Waals surface area contributed by atoms with Crippen LogP contribution in [0.5, 0.6) is 0 Å². The van der Waals surface area contributed by atoms with Crippen LogP contribution in [0.1, 0.15) is 20.3 Å². The van der Waals surface area contributed by atoms with E-state index in [1.165, 1.54) is 0 Å². The summed E-state index contributed by atoms with van der Waals surface area (Å²) < 4.78 is 12.0. The Kier molecular flexibility index (Phi) is 4.81. The standard InChI is InChI=1S/C8H14FN/c1-4-10-8(6-9)5-7(2)3/h2,4-6H2,1,3H3. The van der Waals surface area contributed by atoms with Gasteiger partial charge in [-0.2, -0.15) is 0 Å². The van der Waals surface area contributed by atoms with Crippen molar-refractivity contribution in [3.05, 3.63) is 12.2 Å². The van der Waals surface area contributed by atoms with Crippen molar-refractivity contribution in [2.75, 3.05) is 13.2 Å². The molecule has 0 saturated carbocycles. The number of rotatable bonds is 4. The summed E-state index contributed by atoms with van der Waals surface area (Å²) in [6.45, 7) is 7.67. The van der Waals surface area contributed by atoms with E-state index < -0.39 is 6.67 Å². The highest BCUT2D eigenvalue weighted by Gasteiger charge is 1.96. The first-order valence-corrected chi connectivity index (χ1v) is 3.43. The molecule has 58 valence electrons. The molecule has 0 N–H and O–H groups in total. The van der Waals surface area contributed by atoms with Gasteiger partial charge >= 0.3 is 0 Å². The van der Waals surface area contributed by atoms with Gasteiger partial charge in [0.1, 0.15) is 6.67 Å². The molecule has 0 rings (SSSR count). The van der Waals surface area contributed by atoms with Crippen molar-refractivity contribution in [2.45, 2.75) is 20.3 Å². The predicted molar refractivity (Wildman–Crippen MR) is 43.4 cm³/mol. The lowest BCUT2D eigenvalue weighted by atomic mass is 10.2. The first-order valence-electron chi connectivity index (χ1n) is 3.43. The van der Waals surface area contributed by atoms with Gasteiger partial charge in [0, 0.05) is 18.7 Å². The van der Waals surface area contributed by atoms with Gasteiger partial charge in [-0.15, -0.1) is 0 Å². The van der Waals surface area contributed by atoms with Gasteiger partial charge in [0.25, 0.3) is 0 Å². The maximum Gasteiger partial charge on any atom is 0.127 e. The molecule has 0 aromatic carbocycles. The van der Waals surface area contributed by atoms with E-state index in [0.717, 1.165) is 5.57 Å². The third-order valence-electron chi connectivity index (χ3n) is 1.04. The second kappa shape index (κ2) is 5.15. The number of aliphatic imine (C=N–C) groups is 1. The van der Waals surface area contributed by atoms with Crippen molar-refractivity contribution in [2.24, 2.45) is 4.99 Å². The lowest BCUT2D eigenvalue weighted by molar-refractivity contribution is 0.576. The molecule has 0 unspecified atom stereocenters. The molecule has 0 aromatic rings. The molecule has 0 heterocycles. The number of nitrogens with zero attached hydrogens (tertiary/aromatic N) is 1. The Hall–Kier alpha value is -0.660. The molecule has 0 amide bonds. The largest absolute Gasteiger partial charge is 0.291 e. The topological polar surface area (TPSA) is 12.4 Å². The summed E-state index contributed by atoms with van der Waals surface area (Å²) in [5, 5.41) is 0. The van der Waals surface area contributed by atoms with Crippen molar-refractivity contribution in [1.82, 2.24) is 0 Å². The molecular formula is C8H14FN. The molecule has 0 aliphatic carbocycles. The molecule has 0 spiro atoms. The molecule has 0 aliphatic heterocycles. The highest BCUT2D eigenvalue weighted by molar-refractivity contribution is 5.87. The SMILES string of the molecule is C=C(C)CC(CF)=NCC. The van der Waals surface area contributed by atoms with Crippen LogP contribution in [-0.2, 0) is 0 Å². The van der Waals surface area contributed by atoms with Gasteiger partial charge < -0.3 is 0 Å². The van der Waals surface area contributed by atoms with Gasteiger partial charge in [0.05, 0.1) is 0 Å². The van der Waals surface area contributed by atoms with Gasteiger partial charge in [-0.25, -0.2) is 4.39 Å². The van der Waals surface area contributed by atoms with Crippen LogP contribution < -0.4 is 0 Å². The van der Waals surface area contributed by atoms with Crippen LogP contribution in [0.3, 0.4) is 0 Å². The Labute approximate surface area is 61.7 Å². The monoisotopic (exact) mass is 143 g/mol. The van der Waals surface area contributed by atoms with Crippen LogP contribution in [0.25, 0.3) is 0 Å². The highest BCUT2D eigenvalue weighted by Crippen LogP contribution is 1.98. The van der Waals surface area contributed by atoms with Crippen LogP contribution in [0.15, 0.2) is 17.1 Å². The number of alkyl halides is 1. The quantitative estimate of drug-likeness (QED) is 0.423. The maximum atomic E-state index is 12.0. The zero-order chi connectivity index (χ0) is 7.98. The lowest BCUT2D eigenvalue weighted by Gasteiger charge is -1.99. The second-order valence-electron chi connectivity index (χ2n) is 2.31. The fraction of sp³-hybridized carbons (Fsp3) is 0.625. The smallest absolute Gasteiger partial charge is 0.127 e. The van der Waals surface area contributed by atoms with Crippen LogP contribution in [0.4, 0.5) is 4.39 Å². The number of halogens is 1. The van der Waals surface area contributed by atoms with Crippen LogP contribution in [0.2, 0.25) is 0 Å². The molecule has 2 heteroatoms. The summed E-state index contributed by atoms with van der Waals surface area (Å²) in [6, 6.07) is 0. The van der Waals surface area contributed by atoms with E-state index in [2.05, 4.69) is 11.6 Å². The van der Waals surface area contributed by atoms with E-state index in [1.807, 2.05) is 13.8 Å². The highest BCUT2D eigenvalue weighted by atomic mass is 19.1. The summed E-state index contributed by atoms with van der Waals surface area (Å²) in [4.78, 5) is 3.96. The van der Waals surface area contributed by atoms with Gasteiger partial charge in [-0.05, 0) is 13.8 Å². The summed E-state index contributed by atoms with van der Waals surface area (Å²) in [6.07, 6.45) is 0.602. The molecule has 0 aliphatic rings. The first kappa shape index (κ1) is 9.34. The van der Waals surface area contributed by atoms with E-state index in [4.69, 9.17) is 0 Å². The Morgan fingerprint density at radius 3 is 2.50 bits per heavy atom. The normalized spacial score (nSPS) is 11.7. The second-order valence-corrected chi connectivity index (χ2v) is 2.31. The molecule has 0 atom stereocenters. The molecule has 0 fully saturated rings. The van der Waals surface area contributed by atoms with E-state index >= 15 is 0 Å². The van der Waals surface area contributed by atoms with E-state index in [9.17, 15) is 4.39 Å². The van der Waals surface area contributed by atoms with Crippen molar-refractivity contribution in [3.8, 4) is 0 Å². The summed E-state index contributed by atoms with van der Waals surface area (Å²) in [5.74, 6) is 0. The van der Waals surface area contributed by atoms with Crippen molar-refractivity contribution >= 4 is 5.71 Å². The van der Waals surface area contributed by atoms with Crippen LogP contribution in [-0.4, -0.2) is 18.9 Å². The average molecular weight is 143 g/mol. The third kappa shape index (κ3) is 4.24. The molecule has 0 bridgehead atoms. The van der Waals surface area contributed by atoms with Gasteiger partial charge in [0.15, 0.2) is 0 Å². The van der Waals surface area contributed by atoms with Crippen LogP contribution in [0, 0.1) is 0 Å². The van der Waals surface area contributed by atoms with Crippen molar-refractivity contribution in [3.63, 3.8) is 0 Å². The van der Waals surface area contributed by atoms with Gasteiger partial charge in [-0.1, -0.05) is 12.2 Å². The van der Waals surface area contributed by atoms with Crippen molar-refractivity contribution in [1.29, 1.82) is 0 Å². The Morgan fingerprint density at radius 1 is 1.60 bits per heavy atom. The van der Waals surface area contributed by atoms with E-state index in [1.54, 1.807) is 0 Å². The van der Waals surface area contributed by atoms with Crippen LogP contribution >= 0.6 is 0 Å². The third-order valence-corrected chi connectivity index (χ3v) is 1.04. The summed E-state index contributed by atoms with van der Waals surface area (Å²) >= 11 is 0.